The van der Waals surface area contributed by atoms with Crippen molar-refractivity contribution in [1.82, 2.24) is 24.9 Å². The number of hydrogen-bond donors (Lipinski definition) is 3. The van der Waals surface area contributed by atoms with E-state index in [1.54, 1.807) is 43.6 Å². The number of pyridine rings is 2. The Labute approximate surface area is 172 Å². The number of anilines is 4. The molecule has 4 rings (SSSR count). The van der Waals surface area contributed by atoms with Crippen LogP contribution in [0.25, 0.3) is 11.5 Å². The second kappa shape index (κ2) is 8.74. The molecule has 0 saturated carbocycles. The lowest BCUT2D eigenvalue weighted by Crippen LogP contribution is -2.21. The van der Waals surface area contributed by atoms with E-state index in [2.05, 4.69) is 40.9 Å². The lowest BCUT2D eigenvalue weighted by Gasteiger charge is -2.09. The van der Waals surface area contributed by atoms with Gasteiger partial charge in [-0.15, -0.1) is 0 Å². The summed E-state index contributed by atoms with van der Waals surface area (Å²) in [6, 6.07) is 18.2. The van der Waals surface area contributed by atoms with Crippen LogP contribution in [-0.2, 0) is 0 Å². The summed E-state index contributed by atoms with van der Waals surface area (Å²) in [5.74, 6) is 1.66. The zero-order valence-corrected chi connectivity index (χ0v) is 16.1. The second-order valence-corrected chi connectivity index (χ2v) is 6.25. The van der Waals surface area contributed by atoms with Crippen molar-refractivity contribution in [3.05, 3.63) is 78.9 Å². The molecule has 0 aliphatic rings. The first-order chi connectivity index (χ1) is 14.7. The van der Waals surface area contributed by atoms with Gasteiger partial charge in [0, 0.05) is 11.9 Å². The summed E-state index contributed by atoms with van der Waals surface area (Å²) >= 11 is 0. The Morgan fingerprint density at radius 3 is 2.37 bits per heavy atom. The average molecular weight is 398 g/mol. The highest BCUT2D eigenvalue weighted by molar-refractivity contribution is 5.98. The molecule has 1 aromatic carbocycles. The predicted molar refractivity (Wildman–Crippen MR) is 114 cm³/mol. The van der Waals surface area contributed by atoms with Crippen molar-refractivity contribution >= 4 is 29.2 Å². The third-order valence-electron chi connectivity index (χ3n) is 3.93. The number of benzene rings is 1. The fraction of sp³-hybridized carbons (Fsp3) is 0.0476. The maximum absolute atomic E-state index is 12.3. The Bertz CT molecular complexity index is 1130. The highest BCUT2D eigenvalue weighted by atomic mass is 16.2. The summed E-state index contributed by atoms with van der Waals surface area (Å²) in [5.41, 5.74) is 2.05. The van der Waals surface area contributed by atoms with Crippen molar-refractivity contribution in [3.8, 4) is 11.5 Å². The lowest BCUT2D eigenvalue weighted by atomic mass is 10.3. The van der Waals surface area contributed by atoms with E-state index < -0.39 is 6.03 Å². The van der Waals surface area contributed by atoms with Gasteiger partial charge >= 0.3 is 6.03 Å². The van der Waals surface area contributed by atoms with Crippen LogP contribution in [0.5, 0.6) is 0 Å². The Kier molecular flexibility index (Phi) is 5.52. The number of amides is 2. The zero-order valence-electron chi connectivity index (χ0n) is 16.1. The Morgan fingerprint density at radius 2 is 1.63 bits per heavy atom. The molecular weight excluding hydrogens is 380 g/mol. The molecule has 0 saturated heterocycles. The topological polar surface area (TPSA) is 118 Å². The minimum atomic E-state index is -0.488. The van der Waals surface area contributed by atoms with Crippen LogP contribution in [0.1, 0.15) is 5.82 Å². The molecule has 0 radical (unpaired) electrons. The fourth-order valence-electron chi connectivity index (χ4n) is 2.62. The first-order valence-electron chi connectivity index (χ1n) is 9.16. The van der Waals surface area contributed by atoms with E-state index in [4.69, 9.17) is 0 Å². The summed E-state index contributed by atoms with van der Waals surface area (Å²) in [6.07, 6.45) is 3.21. The molecule has 148 valence electrons. The van der Waals surface area contributed by atoms with Crippen molar-refractivity contribution in [2.45, 2.75) is 6.92 Å². The van der Waals surface area contributed by atoms with E-state index in [0.717, 1.165) is 5.69 Å². The van der Waals surface area contributed by atoms with Crippen molar-refractivity contribution in [1.29, 1.82) is 0 Å². The number of para-hydroxylation sites is 1. The van der Waals surface area contributed by atoms with Crippen LogP contribution in [0, 0.1) is 6.92 Å². The molecule has 30 heavy (non-hydrogen) atoms. The second-order valence-electron chi connectivity index (χ2n) is 6.25. The summed E-state index contributed by atoms with van der Waals surface area (Å²) in [6.45, 7) is 1.72. The highest BCUT2D eigenvalue weighted by Gasteiger charge is 2.10. The summed E-state index contributed by atoms with van der Waals surface area (Å²) in [4.78, 5) is 33.5. The van der Waals surface area contributed by atoms with E-state index >= 15 is 0 Å². The summed E-state index contributed by atoms with van der Waals surface area (Å²) in [7, 11) is 0. The van der Waals surface area contributed by atoms with Gasteiger partial charge in [0.15, 0.2) is 5.82 Å². The molecule has 2 amide bonds. The Balaban J connectivity index is 1.40. The van der Waals surface area contributed by atoms with Gasteiger partial charge in [0.1, 0.15) is 17.3 Å². The van der Waals surface area contributed by atoms with Gasteiger partial charge in [0.25, 0.3) is 0 Å². The van der Waals surface area contributed by atoms with Gasteiger partial charge in [0.05, 0.1) is 11.9 Å². The molecule has 0 aliphatic heterocycles. The number of nitrogens with one attached hydrogen (secondary N) is 3. The molecular formula is C21H18N8O. The normalized spacial score (nSPS) is 10.3. The van der Waals surface area contributed by atoms with E-state index in [-0.39, 0.29) is 5.95 Å². The SMILES string of the molecule is Cc1nc(NC(=O)Nc2ccc(Nc3ccccc3)nc2)nc(-c2ccccn2)n1. The number of aromatic nitrogens is 5. The van der Waals surface area contributed by atoms with E-state index in [9.17, 15) is 4.79 Å². The number of urea groups is 1. The first-order valence-corrected chi connectivity index (χ1v) is 9.16. The molecule has 3 heterocycles. The molecule has 9 heteroatoms. The first kappa shape index (κ1) is 18.9. The van der Waals surface area contributed by atoms with Gasteiger partial charge in [-0.1, -0.05) is 24.3 Å². The predicted octanol–water partition coefficient (Wildman–Crippen LogP) is 4.02. The molecule has 0 aliphatic carbocycles. The number of hydrogen-bond acceptors (Lipinski definition) is 7. The fourth-order valence-corrected chi connectivity index (χ4v) is 2.62. The Hall–Kier alpha value is -4.40. The van der Waals surface area contributed by atoms with Crippen LogP contribution < -0.4 is 16.0 Å². The van der Waals surface area contributed by atoms with Gasteiger partial charge in [-0.3, -0.25) is 10.3 Å². The highest BCUT2D eigenvalue weighted by Crippen LogP contribution is 2.16. The van der Waals surface area contributed by atoms with Crippen LogP contribution in [0.15, 0.2) is 73.1 Å². The molecule has 3 N–H and O–H groups in total. The lowest BCUT2D eigenvalue weighted by molar-refractivity contribution is 0.262. The number of nitrogens with zero attached hydrogens (tertiary/aromatic N) is 5. The summed E-state index contributed by atoms with van der Waals surface area (Å²) in [5, 5.41) is 8.50. The minimum absolute atomic E-state index is 0.135. The van der Waals surface area contributed by atoms with Crippen molar-refractivity contribution in [2.75, 3.05) is 16.0 Å². The van der Waals surface area contributed by atoms with Crippen LogP contribution >= 0.6 is 0 Å². The molecule has 0 unspecified atom stereocenters. The van der Waals surface area contributed by atoms with Gasteiger partial charge in [-0.2, -0.15) is 9.97 Å². The van der Waals surface area contributed by atoms with Crippen LogP contribution in [-0.4, -0.2) is 31.0 Å². The molecule has 0 spiro atoms. The smallest absolute Gasteiger partial charge is 0.326 e. The Morgan fingerprint density at radius 1 is 0.800 bits per heavy atom. The third kappa shape index (κ3) is 4.90. The quantitative estimate of drug-likeness (QED) is 0.464. The van der Waals surface area contributed by atoms with E-state index in [0.29, 0.717) is 28.8 Å². The van der Waals surface area contributed by atoms with E-state index in [1.807, 2.05) is 36.4 Å². The van der Waals surface area contributed by atoms with Crippen LogP contribution in [0.4, 0.5) is 27.9 Å². The molecule has 3 aromatic heterocycles. The van der Waals surface area contributed by atoms with Crippen molar-refractivity contribution in [3.63, 3.8) is 0 Å². The average Bonchev–Trinajstić information content (AvgIpc) is 2.76. The monoisotopic (exact) mass is 398 g/mol. The maximum Gasteiger partial charge on any atom is 0.326 e. The molecule has 4 aromatic rings. The van der Waals surface area contributed by atoms with Gasteiger partial charge in [0.2, 0.25) is 5.95 Å². The largest absolute Gasteiger partial charge is 0.340 e. The number of carbonyl (C=O) groups excluding carboxylic acids is 1. The van der Waals surface area contributed by atoms with Gasteiger partial charge < -0.3 is 10.6 Å². The molecule has 9 nitrogen and oxygen atoms in total. The number of aryl methyl sites for hydroxylation is 1. The number of carbonyl (C=O) groups is 1. The zero-order chi connectivity index (χ0) is 20.8. The maximum atomic E-state index is 12.3. The molecule has 0 atom stereocenters. The third-order valence-corrected chi connectivity index (χ3v) is 3.93. The van der Waals surface area contributed by atoms with Crippen molar-refractivity contribution in [2.24, 2.45) is 0 Å². The van der Waals surface area contributed by atoms with Crippen molar-refractivity contribution < 1.29 is 4.79 Å². The van der Waals surface area contributed by atoms with Crippen LogP contribution in [0.3, 0.4) is 0 Å². The minimum Gasteiger partial charge on any atom is -0.340 e. The van der Waals surface area contributed by atoms with E-state index in [1.165, 1.54) is 0 Å². The van der Waals surface area contributed by atoms with Gasteiger partial charge in [-0.05, 0) is 43.3 Å². The summed E-state index contributed by atoms with van der Waals surface area (Å²) < 4.78 is 0. The molecule has 0 fully saturated rings. The van der Waals surface area contributed by atoms with Gasteiger partial charge in [-0.25, -0.2) is 14.8 Å². The standard InChI is InChI=1S/C21H18N8O/c1-14-24-19(17-9-5-6-12-22-17)28-20(25-14)29-21(30)27-16-10-11-18(23-13-16)26-15-7-3-2-4-8-15/h2-13H,1H3,(H,23,26)(H2,24,25,27,28,29,30). The van der Waals surface area contributed by atoms with Crippen LogP contribution in [0.2, 0.25) is 0 Å². The molecule has 0 bridgehead atoms. The number of rotatable bonds is 5.